The van der Waals surface area contributed by atoms with Gasteiger partial charge < -0.3 is 10.1 Å². The minimum absolute atomic E-state index is 0.191. The lowest BCUT2D eigenvalue weighted by atomic mass is 9.98. The van der Waals surface area contributed by atoms with Gasteiger partial charge in [0.1, 0.15) is 5.54 Å². The molecule has 0 radical (unpaired) electrons. The van der Waals surface area contributed by atoms with E-state index in [1.807, 2.05) is 19.9 Å². The molecule has 1 atom stereocenters. The smallest absolute Gasteiger partial charge is 0.338 e. The molecule has 1 aromatic carbocycles. The van der Waals surface area contributed by atoms with Crippen LogP contribution in [0.25, 0.3) is 0 Å². The van der Waals surface area contributed by atoms with Crippen molar-refractivity contribution in [1.82, 2.24) is 5.32 Å². The normalized spacial score (nSPS) is 16.3. The Morgan fingerprint density at radius 1 is 1.32 bits per heavy atom. The van der Waals surface area contributed by atoms with Crippen LogP contribution < -0.4 is 5.32 Å². The molecule has 0 heterocycles. The van der Waals surface area contributed by atoms with Crippen LogP contribution in [0.3, 0.4) is 0 Å². The Bertz CT molecular complexity index is 624. The zero-order valence-corrected chi connectivity index (χ0v) is 13.1. The summed E-state index contributed by atoms with van der Waals surface area (Å²) in [6.07, 6.45) is 1.87. The molecule has 1 amide bonds. The lowest BCUT2D eigenvalue weighted by molar-refractivity contribution is -0.125. The Morgan fingerprint density at radius 2 is 1.91 bits per heavy atom. The molecular weight excluding hydrogens is 280 g/mol. The predicted molar refractivity (Wildman–Crippen MR) is 81.1 cm³/mol. The van der Waals surface area contributed by atoms with Crippen LogP contribution in [0.5, 0.6) is 0 Å². The first-order valence-electron chi connectivity index (χ1n) is 7.32. The second kappa shape index (κ2) is 6.18. The van der Waals surface area contributed by atoms with Gasteiger partial charge in [-0.25, -0.2) is 4.79 Å². The van der Waals surface area contributed by atoms with Crippen LogP contribution in [-0.2, 0) is 9.53 Å². The highest BCUT2D eigenvalue weighted by molar-refractivity contribution is 5.91. The van der Waals surface area contributed by atoms with E-state index in [0.717, 1.165) is 24.0 Å². The van der Waals surface area contributed by atoms with Gasteiger partial charge in [0.05, 0.1) is 11.6 Å². The zero-order chi connectivity index (χ0) is 16.3. The number of hydrogen-bond donors (Lipinski definition) is 1. The van der Waals surface area contributed by atoms with Gasteiger partial charge in [0.15, 0.2) is 6.61 Å². The van der Waals surface area contributed by atoms with E-state index in [-0.39, 0.29) is 12.5 Å². The van der Waals surface area contributed by atoms with Gasteiger partial charge in [-0.2, -0.15) is 5.26 Å². The van der Waals surface area contributed by atoms with Gasteiger partial charge in [-0.1, -0.05) is 17.2 Å². The number of aryl methyl sites for hydroxylation is 2. The maximum absolute atomic E-state index is 12.0. The Balaban J connectivity index is 1.90. The summed E-state index contributed by atoms with van der Waals surface area (Å²) in [5, 5.41) is 11.8. The molecule has 116 valence electrons. The first-order valence-corrected chi connectivity index (χ1v) is 7.32. The fraction of sp³-hybridized carbons (Fsp3) is 0.471. The van der Waals surface area contributed by atoms with Crippen molar-refractivity contribution in [2.75, 3.05) is 6.61 Å². The number of amides is 1. The number of nitriles is 1. The van der Waals surface area contributed by atoms with Gasteiger partial charge in [0, 0.05) is 0 Å². The highest BCUT2D eigenvalue weighted by atomic mass is 16.5. The zero-order valence-electron chi connectivity index (χ0n) is 13.1. The second-order valence-corrected chi connectivity index (χ2v) is 6.09. The molecule has 5 nitrogen and oxygen atoms in total. The number of nitrogens with one attached hydrogen (secondary N) is 1. The van der Waals surface area contributed by atoms with Crippen LogP contribution in [0.2, 0.25) is 0 Å². The maximum atomic E-state index is 12.0. The average Bonchev–Trinajstić information content (AvgIpc) is 3.28. The molecule has 1 aromatic rings. The molecule has 1 saturated carbocycles. The van der Waals surface area contributed by atoms with Crippen LogP contribution in [0.1, 0.15) is 41.3 Å². The van der Waals surface area contributed by atoms with E-state index < -0.39 is 17.4 Å². The molecule has 0 saturated heterocycles. The van der Waals surface area contributed by atoms with E-state index in [2.05, 4.69) is 11.4 Å². The minimum Gasteiger partial charge on any atom is -0.452 e. The molecule has 0 unspecified atom stereocenters. The van der Waals surface area contributed by atoms with E-state index >= 15 is 0 Å². The molecule has 1 N–H and O–H groups in total. The van der Waals surface area contributed by atoms with Crippen LogP contribution in [0.15, 0.2) is 18.2 Å². The fourth-order valence-electron chi connectivity index (χ4n) is 2.51. The van der Waals surface area contributed by atoms with Gasteiger partial charge in [-0.15, -0.1) is 0 Å². The molecule has 0 aromatic heterocycles. The molecular formula is C17H20N2O3. The largest absolute Gasteiger partial charge is 0.452 e. The van der Waals surface area contributed by atoms with Gasteiger partial charge in [0.25, 0.3) is 5.91 Å². The lowest BCUT2D eigenvalue weighted by Crippen LogP contribution is -2.48. The van der Waals surface area contributed by atoms with Gasteiger partial charge in [-0.05, 0) is 51.7 Å². The Morgan fingerprint density at radius 3 is 2.41 bits per heavy atom. The number of nitrogens with zero attached hydrogens (tertiary/aromatic N) is 1. The molecule has 2 rings (SSSR count). The first kappa shape index (κ1) is 16.0. The van der Waals surface area contributed by atoms with Gasteiger partial charge in [-0.3, -0.25) is 4.79 Å². The summed E-state index contributed by atoms with van der Waals surface area (Å²) >= 11 is 0. The van der Waals surface area contributed by atoms with Crippen LogP contribution in [0, 0.1) is 31.1 Å². The van der Waals surface area contributed by atoms with Crippen molar-refractivity contribution < 1.29 is 14.3 Å². The summed E-state index contributed by atoms with van der Waals surface area (Å²) in [7, 11) is 0. The van der Waals surface area contributed by atoms with E-state index in [0.29, 0.717) is 5.56 Å². The number of carbonyl (C=O) groups excluding carboxylic acids is 2. The molecule has 0 aliphatic heterocycles. The topological polar surface area (TPSA) is 79.2 Å². The molecule has 22 heavy (non-hydrogen) atoms. The van der Waals surface area contributed by atoms with E-state index in [4.69, 9.17) is 4.74 Å². The maximum Gasteiger partial charge on any atom is 0.338 e. The average molecular weight is 300 g/mol. The number of carbonyl (C=O) groups is 2. The molecule has 1 aliphatic rings. The molecule has 0 bridgehead atoms. The predicted octanol–water partition coefficient (Wildman–Crippen LogP) is 2.27. The van der Waals surface area contributed by atoms with Gasteiger partial charge >= 0.3 is 5.97 Å². The summed E-state index contributed by atoms with van der Waals surface area (Å²) in [6.45, 7) is 5.11. The highest BCUT2D eigenvalue weighted by Crippen LogP contribution is 2.39. The third-order valence-corrected chi connectivity index (χ3v) is 3.82. The summed E-state index contributed by atoms with van der Waals surface area (Å²) in [5.74, 6) is -0.794. The lowest BCUT2D eigenvalue weighted by Gasteiger charge is -2.22. The van der Waals surface area contributed by atoms with Crippen LogP contribution in [0.4, 0.5) is 0 Å². The van der Waals surface area contributed by atoms with Crippen molar-refractivity contribution in [1.29, 1.82) is 5.26 Å². The van der Waals surface area contributed by atoms with Crippen LogP contribution in [-0.4, -0.2) is 24.0 Å². The van der Waals surface area contributed by atoms with E-state index in [1.165, 1.54) is 0 Å². The highest BCUT2D eigenvalue weighted by Gasteiger charge is 2.43. The van der Waals surface area contributed by atoms with Crippen molar-refractivity contribution in [3.05, 3.63) is 34.9 Å². The number of esters is 1. The summed E-state index contributed by atoms with van der Waals surface area (Å²) in [5.41, 5.74) is 1.48. The summed E-state index contributed by atoms with van der Waals surface area (Å²) in [6, 6.07) is 7.53. The third kappa shape index (κ3) is 3.85. The number of ether oxygens (including phenoxy) is 1. The van der Waals surface area contributed by atoms with Crippen molar-refractivity contribution in [3.63, 3.8) is 0 Å². The third-order valence-electron chi connectivity index (χ3n) is 3.82. The number of benzene rings is 1. The summed E-state index contributed by atoms with van der Waals surface area (Å²) in [4.78, 5) is 23.8. The van der Waals surface area contributed by atoms with Crippen molar-refractivity contribution in [2.45, 2.75) is 39.2 Å². The molecule has 1 aliphatic carbocycles. The first-order chi connectivity index (χ1) is 10.3. The summed E-state index contributed by atoms with van der Waals surface area (Å²) < 4.78 is 5.03. The Hall–Kier alpha value is -2.35. The number of hydrogen-bond acceptors (Lipinski definition) is 4. The second-order valence-electron chi connectivity index (χ2n) is 6.09. The van der Waals surface area contributed by atoms with Gasteiger partial charge in [0.2, 0.25) is 0 Å². The van der Waals surface area contributed by atoms with E-state index in [1.54, 1.807) is 19.1 Å². The molecule has 0 spiro atoms. The monoisotopic (exact) mass is 300 g/mol. The fourth-order valence-corrected chi connectivity index (χ4v) is 2.51. The standard InChI is InChI=1S/C17H20N2O3/c1-11-6-12(2)8-13(7-11)16(21)22-9-15(20)19-17(3,10-18)14-4-5-14/h6-8,14H,4-5,9H2,1-3H3,(H,19,20)/t17-/m1/s1. The van der Waals surface area contributed by atoms with Crippen molar-refractivity contribution in [2.24, 2.45) is 5.92 Å². The minimum atomic E-state index is -0.872. The molecule has 1 fully saturated rings. The number of rotatable bonds is 5. The SMILES string of the molecule is Cc1cc(C)cc(C(=O)OCC(=O)N[C@](C)(C#N)C2CC2)c1. The quantitative estimate of drug-likeness (QED) is 0.846. The van der Waals surface area contributed by atoms with Crippen LogP contribution >= 0.6 is 0 Å². The van der Waals surface area contributed by atoms with Crippen molar-refractivity contribution in [3.8, 4) is 6.07 Å². The Labute approximate surface area is 130 Å². The van der Waals surface area contributed by atoms with Crippen molar-refractivity contribution >= 4 is 11.9 Å². The molecule has 5 heteroatoms. The van der Waals surface area contributed by atoms with E-state index in [9.17, 15) is 14.9 Å². The Kier molecular flexibility index (Phi) is 4.51.